The van der Waals surface area contributed by atoms with Crippen LogP contribution in [0.15, 0.2) is 42.5 Å². The van der Waals surface area contributed by atoms with E-state index in [9.17, 15) is 13.2 Å². The number of carbonyl (C=O) groups is 1. The van der Waals surface area contributed by atoms with Gasteiger partial charge in [0.05, 0.1) is 26.0 Å². The first-order valence-corrected chi connectivity index (χ1v) is 13.2. The molecule has 1 N–H and O–H groups in total. The molecule has 1 unspecified atom stereocenters. The third-order valence-corrected chi connectivity index (χ3v) is 7.52. The molecule has 1 saturated heterocycles. The number of rotatable bonds is 8. The van der Waals surface area contributed by atoms with Crippen LogP contribution >= 0.6 is 0 Å². The number of piperidine rings is 1. The van der Waals surface area contributed by atoms with Crippen molar-refractivity contribution in [3.05, 3.63) is 59.2 Å². The lowest BCUT2D eigenvalue weighted by Gasteiger charge is -2.37. The summed E-state index contributed by atoms with van der Waals surface area (Å²) in [5, 5.41) is 0. The van der Waals surface area contributed by atoms with Crippen LogP contribution in [-0.4, -0.2) is 58.2 Å². The molecule has 8 heteroatoms. The average Bonchev–Trinajstić information content (AvgIpc) is 3.03. The Kier molecular flexibility index (Phi) is 6.79. The largest absolute Gasteiger partial charge is 0.493 e. The number of carbonyl (C=O) groups excluding carboxylic acids is 1. The Hall–Kier alpha value is -2.42. The second-order valence-electron chi connectivity index (χ2n) is 9.24. The maximum absolute atomic E-state index is 13.6. The first kappa shape index (κ1) is 23.7. The number of ether oxygens (including phenoxy) is 2. The molecular formula is C25H32N2O5S. The van der Waals surface area contributed by atoms with Crippen molar-refractivity contribution in [2.24, 2.45) is 5.92 Å². The van der Waals surface area contributed by atoms with E-state index in [1.165, 1.54) is 12.7 Å². The van der Waals surface area contributed by atoms with E-state index >= 15 is 0 Å². The van der Waals surface area contributed by atoms with Gasteiger partial charge < -0.3 is 9.47 Å². The fourth-order valence-corrected chi connectivity index (χ4v) is 6.23. The van der Waals surface area contributed by atoms with Gasteiger partial charge in [-0.15, -0.1) is 0 Å². The SMILES string of the molecule is COc1cc2c(cc1OC)C(=O)C(CC1CCN(Cc3ccccc3)CC1)(NS(C)(=O)=O)C2. The smallest absolute Gasteiger partial charge is 0.209 e. The molecule has 0 aromatic heterocycles. The zero-order valence-corrected chi connectivity index (χ0v) is 20.3. The molecule has 1 aliphatic carbocycles. The standard InChI is InChI=1S/C25H32N2O5S/c1-31-22-13-20-16-25(26-33(3,29)30,24(28)21(20)14-23(22)32-2)15-18-9-11-27(12-10-18)17-19-7-5-4-6-8-19/h4-8,13-14,18,26H,9-12,15-17H2,1-3H3. The van der Waals surface area contributed by atoms with Crippen LogP contribution in [0.25, 0.3) is 0 Å². The molecule has 0 amide bonds. The molecule has 2 aromatic carbocycles. The van der Waals surface area contributed by atoms with Crippen molar-refractivity contribution in [1.29, 1.82) is 0 Å². The summed E-state index contributed by atoms with van der Waals surface area (Å²) < 4.78 is 38.1. The molecule has 0 spiro atoms. The summed E-state index contributed by atoms with van der Waals surface area (Å²) in [7, 11) is -0.523. The van der Waals surface area contributed by atoms with Gasteiger partial charge in [0.1, 0.15) is 0 Å². The van der Waals surface area contributed by atoms with Gasteiger partial charge in [0.2, 0.25) is 10.0 Å². The van der Waals surface area contributed by atoms with Crippen molar-refractivity contribution in [3.63, 3.8) is 0 Å². The highest BCUT2D eigenvalue weighted by atomic mass is 32.2. The zero-order valence-electron chi connectivity index (χ0n) is 19.5. The van der Waals surface area contributed by atoms with Crippen molar-refractivity contribution in [1.82, 2.24) is 9.62 Å². The summed E-state index contributed by atoms with van der Waals surface area (Å²) in [5.74, 6) is 1.08. The van der Waals surface area contributed by atoms with Crippen LogP contribution in [0.1, 0.15) is 40.7 Å². The van der Waals surface area contributed by atoms with E-state index in [2.05, 4.69) is 33.9 Å². The lowest BCUT2D eigenvalue weighted by molar-refractivity contribution is 0.0834. The summed E-state index contributed by atoms with van der Waals surface area (Å²) in [4.78, 5) is 16.0. The minimum absolute atomic E-state index is 0.185. The van der Waals surface area contributed by atoms with E-state index in [4.69, 9.17) is 9.47 Å². The summed E-state index contributed by atoms with van der Waals surface area (Å²) >= 11 is 0. The molecule has 1 heterocycles. The molecule has 178 valence electrons. The predicted octanol–water partition coefficient (Wildman–Crippen LogP) is 3.03. The molecule has 1 aliphatic heterocycles. The van der Waals surface area contributed by atoms with Gasteiger partial charge in [-0.1, -0.05) is 30.3 Å². The number of likely N-dealkylation sites (tertiary alicyclic amines) is 1. The number of hydrogen-bond acceptors (Lipinski definition) is 6. The molecule has 7 nitrogen and oxygen atoms in total. The number of Topliss-reactive ketones (excluding diaryl/α,β-unsaturated/α-hetero) is 1. The zero-order chi connectivity index (χ0) is 23.6. The fourth-order valence-electron chi connectivity index (χ4n) is 5.27. The van der Waals surface area contributed by atoms with E-state index in [1.807, 2.05) is 6.07 Å². The summed E-state index contributed by atoms with van der Waals surface area (Å²) in [6.07, 6.45) is 3.78. The molecule has 1 fully saturated rings. The number of nitrogens with zero attached hydrogens (tertiary/aromatic N) is 1. The molecule has 1 atom stereocenters. The highest BCUT2D eigenvalue weighted by Gasteiger charge is 2.49. The Bertz CT molecular complexity index is 1110. The van der Waals surface area contributed by atoms with E-state index < -0.39 is 15.6 Å². The number of methoxy groups -OCH3 is 2. The van der Waals surface area contributed by atoms with Gasteiger partial charge in [0.15, 0.2) is 17.3 Å². The lowest BCUT2D eigenvalue weighted by Crippen LogP contribution is -2.54. The van der Waals surface area contributed by atoms with Gasteiger partial charge in [-0.25, -0.2) is 13.1 Å². The molecule has 0 radical (unpaired) electrons. The summed E-state index contributed by atoms with van der Waals surface area (Å²) in [6, 6.07) is 13.9. The van der Waals surface area contributed by atoms with Crippen LogP contribution in [-0.2, 0) is 23.0 Å². The maximum atomic E-state index is 13.6. The van der Waals surface area contributed by atoms with Crippen LogP contribution < -0.4 is 14.2 Å². The number of hydrogen-bond donors (Lipinski definition) is 1. The second kappa shape index (κ2) is 9.44. The normalized spacial score (nSPS) is 21.7. The predicted molar refractivity (Wildman–Crippen MR) is 127 cm³/mol. The Labute approximate surface area is 196 Å². The van der Waals surface area contributed by atoms with Gasteiger partial charge >= 0.3 is 0 Å². The van der Waals surface area contributed by atoms with E-state index in [0.29, 0.717) is 29.9 Å². The quantitative estimate of drug-likeness (QED) is 0.636. The first-order valence-electron chi connectivity index (χ1n) is 11.3. The number of sulfonamides is 1. The van der Waals surface area contributed by atoms with Gasteiger partial charge in [0.25, 0.3) is 0 Å². The average molecular weight is 473 g/mol. The fraction of sp³-hybridized carbons (Fsp3) is 0.480. The van der Waals surface area contributed by atoms with E-state index in [-0.39, 0.29) is 11.7 Å². The molecule has 33 heavy (non-hydrogen) atoms. The molecule has 0 bridgehead atoms. The van der Waals surface area contributed by atoms with Crippen molar-refractivity contribution in [3.8, 4) is 11.5 Å². The third kappa shape index (κ3) is 5.23. The van der Waals surface area contributed by atoms with Crippen molar-refractivity contribution < 1.29 is 22.7 Å². The summed E-state index contributed by atoms with van der Waals surface area (Å²) in [5.41, 5.74) is 1.41. The molecule has 0 saturated carbocycles. The Morgan fingerprint density at radius 2 is 1.70 bits per heavy atom. The van der Waals surface area contributed by atoms with Crippen molar-refractivity contribution in [2.75, 3.05) is 33.6 Å². The Balaban J connectivity index is 1.52. The Morgan fingerprint density at radius 1 is 1.06 bits per heavy atom. The van der Waals surface area contributed by atoms with Crippen LogP contribution in [0.4, 0.5) is 0 Å². The van der Waals surface area contributed by atoms with Gasteiger partial charge in [-0.05, 0) is 68.0 Å². The Morgan fingerprint density at radius 3 is 2.30 bits per heavy atom. The van der Waals surface area contributed by atoms with Crippen molar-refractivity contribution in [2.45, 2.75) is 37.8 Å². The highest BCUT2D eigenvalue weighted by molar-refractivity contribution is 7.88. The summed E-state index contributed by atoms with van der Waals surface area (Å²) in [6.45, 7) is 2.76. The van der Waals surface area contributed by atoms with Crippen LogP contribution in [0.5, 0.6) is 11.5 Å². The molecular weight excluding hydrogens is 440 g/mol. The third-order valence-electron chi connectivity index (χ3n) is 6.75. The number of ketones is 1. The second-order valence-corrected chi connectivity index (χ2v) is 11.0. The maximum Gasteiger partial charge on any atom is 0.209 e. The van der Waals surface area contributed by atoms with Gasteiger partial charge in [0, 0.05) is 12.1 Å². The van der Waals surface area contributed by atoms with Crippen LogP contribution in [0.2, 0.25) is 0 Å². The molecule has 2 aromatic rings. The number of nitrogens with one attached hydrogen (secondary N) is 1. The monoisotopic (exact) mass is 472 g/mol. The highest BCUT2D eigenvalue weighted by Crippen LogP contribution is 2.42. The minimum Gasteiger partial charge on any atom is -0.493 e. The first-order chi connectivity index (χ1) is 15.7. The topological polar surface area (TPSA) is 84.9 Å². The van der Waals surface area contributed by atoms with Gasteiger partial charge in [-0.2, -0.15) is 0 Å². The lowest BCUT2D eigenvalue weighted by atomic mass is 9.80. The van der Waals surface area contributed by atoms with Gasteiger partial charge in [-0.3, -0.25) is 9.69 Å². The number of benzene rings is 2. The van der Waals surface area contributed by atoms with E-state index in [1.54, 1.807) is 19.2 Å². The molecule has 4 rings (SSSR count). The number of fused-ring (bicyclic) bond motifs is 1. The van der Waals surface area contributed by atoms with Crippen LogP contribution in [0.3, 0.4) is 0 Å². The molecule has 2 aliphatic rings. The van der Waals surface area contributed by atoms with E-state index in [0.717, 1.165) is 44.3 Å². The minimum atomic E-state index is -3.59. The van der Waals surface area contributed by atoms with Crippen molar-refractivity contribution >= 4 is 15.8 Å². The van der Waals surface area contributed by atoms with Crippen LogP contribution in [0, 0.1) is 5.92 Å².